The van der Waals surface area contributed by atoms with Crippen LogP contribution >= 0.6 is 19.5 Å². The van der Waals surface area contributed by atoms with Crippen LogP contribution in [0.2, 0.25) is 0 Å². The van der Waals surface area contributed by atoms with Crippen LogP contribution in [0.4, 0.5) is 0 Å². The van der Waals surface area contributed by atoms with Gasteiger partial charge in [-0.3, -0.25) is 13.9 Å². The molecule has 13 nitrogen and oxygen atoms in total. The number of imidazole rings is 1. The summed E-state index contributed by atoms with van der Waals surface area (Å²) in [5, 5.41) is 24.9. The van der Waals surface area contributed by atoms with E-state index in [1.165, 1.54) is 17.2 Å². The van der Waals surface area contributed by atoms with Crippen molar-refractivity contribution in [1.82, 2.24) is 24.6 Å². The Morgan fingerprint density at radius 1 is 1.16 bits per heavy atom. The van der Waals surface area contributed by atoms with Crippen molar-refractivity contribution in [3.05, 3.63) is 48.7 Å². The number of nitrogens with zero attached hydrogens (tertiary/aromatic N) is 4. The van der Waals surface area contributed by atoms with Gasteiger partial charge in [-0.25, -0.2) is 19.5 Å². The standard InChI is InChI=1S/C29H40N5O8PS/c1-18-23-27(31-16-30-18)34(17-32-23)28-25(36)24(35)26(40-28)19(2)41-43(38,42-21-12-8-5-9-13-21)33-22(14-15-44-3)29(37)39-20-10-6-4-7-11-20/h5,8-9,12-13,16-17,19-20,22,24-26,28,35-36H,4,6-7,10-11,14-15H2,1-3H3,(H,33,38)/t19-,22-,24-,25+,26+,28+,43?/m0/s1. The van der Waals surface area contributed by atoms with Gasteiger partial charge in [-0.05, 0) is 70.1 Å². The average molecular weight is 650 g/mol. The molecule has 15 heteroatoms. The first-order valence-electron chi connectivity index (χ1n) is 14.8. The third-order valence-corrected chi connectivity index (χ3v) is 10.2. The summed E-state index contributed by atoms with van der Waals surface area (Å²) in [6.07, 6.45) is 3.57. The van der Waals surface area contributed by atoms with Gasteiger partial charge in [0.25, 0.3) is 0 Å². The third-order valence-electron chi connectivity index (χ3n) is 7.87. The number of aliphatic hydroxyl groups excluding tert-OH is 2. The normalized spacial score (nSPS) is 25.4. The van der Waals surface area contributed by atoms with E-state index in [-0.39, 0.29) is 11.9 Å². The first-order valence-corrected chi connectivity index (χ1v) is 17.8. The minimum atomic E-state index is -4.30. The van der Waals surface area contributed by atoms with Crippen molar-refractivity contribution in [2.45, 2.75) is 95.2 Å². The number of ether oxygens (including phenoxy) is 2. The Bertz CT molecular complexity index is 1440. The van der Waals surface area contributed by atoms with Crippen LogP contribution in [0.1, 0.15) is 57.4 Å². The lowest BCUT2D eigenvalue weighted by Crippen LogP contribution is -2.43. The molecular formula is C29H40N5O8PS. The molecule has 7 atom stereocenters. The first kappa shape index (κ1) is 32.8. The zero-order valence-electron chi connectivity index (χ0n) is 25.0. The molecule has 0 radical (unpaired) electrons. The smallest absolute Gasteiger partial charge is 0.459 e. The number of hydrogen-bond donors (Lipinski definition) is 3. The topological polar surface area (TPSA) is 167 Å². The van der Waals surface area contributed by atoms with Gasteiger partial charge in [0.2, 0.25) is 0 Å². The van der Waals surface area contributed by atoms with E-state index in [9.17, 15) is 19.6 Å². The number of carbonyl (C=O) groups excluding carboxylic acids is 1. The zero-order chi connectivity index (χ0) is 31.3. The summed E-state index contributed by atoms with van der Waals surface area (Å²) in [5.41, 5.74) is 1.61. The zero-order valence-corrected chi connectivity index (χ0v) is 26.7. The van der Waals surface area contributed by atoms with Crippen LogP contribution in [0.25, 0.3) is 11.2 Å². The number of rotatable bonds is 13. The Labute approximate surface area is 260 Å². The molecule has 1 aliphatic heterocycles. The van der Waals surface area contributed by atoms with Gasteiger partial charge in [-0.2, -0.15) is 16.8 Å². The minimum absolute atomic E-state index is 0.183. The molecule has 0 amide bonds. The Morgan fingerprint density at radius 2 is 1.91 bits per heavy atom. The number of aromatic nitrogens is 4. The van der Waals surface area contributed by atoms with Crippen molar-refractivity contribution in [1.29, 1.82) is 0 Å². The number of benzene rings is 1. The van der Waals surface area contributed by atoms with Gasteiger partial charge in [0, 0.05) is 0 Å². The number of aliphatic hydroxyl groups is 2. The van der Waals surface area contributed by atoms with Crippen LogP contribution in [0.3, 0.4) is 0 Å². The van der Waals surface area contributed by atoms with Crippen LogP contribution in [-0.2, 0) is 23.4 Å². The maximum atomic E-state index is 14.4. The van der Waals surface area contributed by atoms with Crippen molar-refractivity contribution in [3.8, 4) is 5.75 Å². The predicted octanol–water partition coefficient (Wildman–Crippen LogP) is 3.93. The third kappa shape index (κ3) is 7.61. The van der Waals surface area contributed by atoms with Crippen molar-refractivity contribution >= 4 is 36.6 Å². The number of carbonyl (C=O) groups is 1. The molecule has 2 aliphatic rings. The number of para-hydroxylation sites is 1. The molecule has 240 valence electrons. The second kappa shape index (κ2) is 14.7. The number of esters is 1. The van der Waals surface area contributed by atoms with Gasteiger partial charge < -0.3 is 24.2 Å². The highest BCUT2D eigenvalue weighted by Crippen LogP contribution is 2.48. The molecule has 44 heavy (non-hydrogen) atoms. The monoisotopic (exact) mass is 649 g/mol. The van der Waals surface area contributed by atoms with Gasteiger partial charge in [0.15, 0.2) is 11.9 Å². The molecule has 1 unspecified atom stereocenters. The largest absolute Gasteiger partial charge is 0.461 e. The van der Waals surface area contributed by atoms with Gasteiger partial charge in [-0.15, -0.1) is 0 Å². The first-order chi connectivity index (χ1) is 21.2. The molecule has 3 heterocycles. The summed E-state index contributed by atoms with van der Waals surface area (Å²) in [4.78, 5) is 26.1. The van der Waals surface area contributed by atoms with E-state index in [1.807, 2.05) is 6.26 Å². The predicted molar refractivity (Wildman–Crippen MR) is 164 cm³/mol. The SMILES string of the molecule is CSCC[C@H](NP(=O)(Oc1ccccc1)O[C@@H](C)[C@H]1O[C@@H](n2cnc3c(C)ncnc32)[C@H](O)[C@@H]1O)C(=O)OC1CCCCC1. The molecule has 1 aliphatic carbocycles. The summed E-state index contributed by atoms with van der Waals surface area (Å²) in [6, 6.07) is 7.49. The maximum Gasteiger partial charge on any atom is 0.459 e. The van der Waals surface area contributed by atoms with Crippen LogP contribution in [0, 0.1) is 6.92 Å². The molecule has 5 rings (SSSR count). The van der Waals surface area contributed by atoms with Gasteiger partial charge >= 0.3 is 13.7 Å². The quantitative estimate of drug-likeness (QED) is 0.180. The van der Waals surface area contributed by atoms with Crippen molar-refractivity contribution in [3.63, 3.8) is 0 Å². The molecule has 3 aromatic rings. The lowest BCUT2D eigenvalue weighted by molar-refractivity contribution is -0.152. The van der Waals surface area contributed by atoms with Gasteiger partial charge in [0.1, 0.15) is 48.1 Å². The van der Waals surface area contributed by atoms with E-state index >= 15 is 0 Å². The highest BCUT2D eigenvalue weighted by Gasteiger charge is 2.49. The van der Waals surface area contributed by atoms with Crippen LogP contribution in [-0.4, -0.2) is 84.3 Å². The van der Waals surface area contributed by atoms with Crippen LogP contribution in [0.5, 0.6) is 5.75 Å². The van der Waals surface area contributed by atoms with E-state index in [4.69, 9.17) is 18.5 Å². The Kier molecular flexibility index (Phi) is 10.9. The molecular weight excluding hydrogens is 609 g/mol. The number of thioether (sulfide) groups is 1. The summed E-state index contributed by atoms with van der Waals surface area (Å²) in [5.74, 6) is 0.333. The fourth-order valence-electron chi connectivity index (χ4n) is 5.53. The Hall–Kier alpha value is -2.58. The van der Waals surface area contributed by atoms with Crippen molar-refractivity contribution in [2.75, 3.05) is 12.0 Å². The van der Waals surface area contributed by atoms with Gasteiger partial charge in [0.05, 0.1) is 18.1 Å². The van der Waals surface area contributed by atoms with E-state index in [1.54, 1.807) is 55.9 Å². The summed E-state index contributed by atoms with van der Waals surface area (Å²) in [7, 11) is -4.30. The van der Waals surface area contributed by atoms with E-state index < -0.39 is 50.4 Å². The Balaban J connectivity index is 1.36. The average Bonchev–Trinajstić information content (AvgIpc) is 3.57. The highest BCUT2D eigenvalue weighted by atomic mass is 32.2. The molecule has 1 saturated carbocycles. The van der Waals surface area contributed by atoms with Crippen molar-refractivity contribution < 1.29 is 38.1 Å². The minimum Gasteiger partial charge on any atom is -0.461 e. The lowest BCUT2D eigenvalue weighted by Gasteiger charge is -2.30. The second-order valence-electron chi connectivity index (χ2n) is 11.1. The van der Waals surface area contributed by atoms with Crippen LogP contribution < -0.4 is 9.61 Å². The fourth-order valence-corrected chi connectivity index (χ4v) is 7.73. The van der Waals surface area contributed by atoms with Gasteiger partial charge in [-0.1, -0.05) is 24.6 Å². The molecule has 2 fully saturated rings. The van der Waals surface area contributed by atoms with E-state index in [0.29, 0.717) is 29.0 Å². The van der Waals surface area contributed by atoms with Crippen LogP contribution in [0.15, 0.2) is 43.0 Å². The number of hydrogen-bond acceptors (Lipinski definition) is 12. The molecule has 0 spiro atoms. The lowest BCUT2D eigenvalue weighted by atomic mass is 9.98. The molecule has 1 aromatic carbocycles. The number of aryl methyl sites for hydroxylation is 1. The fraction of sp³-hybridized carbons (Fsp3) is 0.586. The summed E-state index contributed by atoms with van der Waals surface area (Å²) >= 11 is 1.54. The number of nitrogens with one attached hydrogen (secondary N) is 1. The Morgan fingerprint density at radius 3 is 2.64 bits per heavy atom. The van der Waals surface area contributed by atoms with E-state index in [0.717, 1.165) is 32.1 Å². The number of fused-ring (bicyclic) bond motifs is 1. The molecule has 1 saturated heterocycles. The maximum absolute atomic E-state index is 14.4. The summed E-state index contributed by atoms with van der Waals surface area (Å²) in [6.45, 7) is 3.34. The molecule has 2 aromatic heterocycles. The van der Waals surface area contributed by atoms with Crippen molar-refractivity contribution in [2.24, 2.45) is 0 Å². The second-order valence-corrected chi connectivity index (χ2v) is 13.8. The highest BCUT2D eigenvalue weighted by molar-refractivity contribution is 7.98. The van der Waals surface area contributed by atoms with E-state index in [2.05, 4.69) is 20.0 Å². The molecule has 0 bridgehead atoms. The molecule has 3 N–H and O–H groups in total. The summed E-state index contributed by atoms with van der Waals surface area (Å²) < 4.78 is 39.8.